The van der Waals surface area contributed by atoms with Crippen molar-refractivity contribution in [3.63, 3.8) is 0 Å². The summed E-state index contributed by atoms with van der Waals surface area (Å²) < 4.78 is 0. The molecule has 0 saturated heterocycles. The van der Waals surface area contributed by atoms with Crippen LogP contribution in [-0.4, -0.2) is 22.2 Å². The van der Waals surface area contributed by atoms with Crippen molar-refractivity contribution < 1.29 is 40.1 Å². The zero-order valence-electron chi connectivity index (χ0n) is 15.3. The quantitative estimate of drug-likeness (QED) is 0.367. The number of hydrogen-bond donors (Lipinski definition) is 2. The summed E-state index contributed by atoms with van der Waals surface area (Å²) in [5.41, 5.74) is -1.48. The summed E-state index contributed by atoms with van der Waals surface area (Å²) >= 11 is 0. The molecule has 0 heterocycles. The number of carboxylic acid groups (broad SMARTS) is 2. The van der Waals surface area contributed by atoms with Gasteiger partial charge in [0, 0.05) is 0 Å². The molecule has 0 fully saturated rings. The minimum Gasteiger partial charge on any atom is -1.00 e. The maximum absolute atomic E-state index is 11.7. The van der Waals surface area contributed by atoms with Gasteiger partial charge in [-0.3, -0.25) is 9.59 Å². The Kier molecular flexibility index (Phi) is 10.7. The van der Waals surface area contributed by atoms with Crippen LogP contribution in [0.4, 0.5) is 0 Å². The van der Waals surface area contributed by atoms with Gasteiger partial charge >= 0.3 is 30.8 Å². The van der Waals surface area contributed by atoms with E-state index >= 15 is 0 Å². The molecule has 23 heavy (non-hydrogen) atoms. The summed E-state index contributed by atoms with van der Waals surface area (Å²) in [5.74, 6) is -2.56. The summed E-state index contributed by atoms with van der Waals surface area (Å²) in [6, 6.07) is 8.29. The van der Waals surface area contributed by atoms with E-state index in [9.17, 15) is 19.8 Å². The zero-order chi connectivity index (χ0) is 16.4. The van der Waals surface area contributed by atoms with Crippen LogP contribution in [0.2, 0.25) is 0 Å². The van der Waals surface area contributed by atoms with Gasteiger partial charge in [0.2, 0.25) is 0 Å². The fourth-order valence-corrected chi connectivity index (χ4v) is 2.77. The molecule has 1 aromatic carbocycles. The summed E-state index contributed by atoms with van der Waals surface area (Å²) in [7, 11) is 0. The van der Waals surface area contributed by atoms with E-state index in [2.05, 4.69) is 6.92 Å². The van der Waals surface area contributed by atoms with Crippen LogP contribution in [-0.2, 0) is 15.0 Å². The molecule has 0 saturated carbocycles. The smallest absolute Gasteiger partial charge is 1.00 e. The van der Waals surface area contributed by atoms with Crippen molar-refractivity contribution in [2.75, 3.05) is 0 Å². The first-order valence-corrected chi connectivity index (χ1v) is 8.08. The number of carboxylic acids is 2. The Morgan fingerprint density at radius 2 is 1.39 bits per heavy atom. The minimum absolute atomic E-state index is 0. The first kappa shape index (κ1) is 21.8. The third-order valence-electron chi connectivity index (χ3n) is 4.15. The Bertz CT molecular complexity index is 465. The second-order valence-electron chi connectivity index (χ2n) is 5.75. The SMILES string of the molecule is CCCCCCCCCC(C(=O)O)(C(=O)O)c1ccccc1.[H-].[Li+]. The Morgan fingerprint density at radius 1 is 0.913 bits per heavy atom. The van der Waals surface area contributed by atoms with E-state index in [1.807, 2.05) is 0 Å². The first-order chi connectivity index (χ1) is 10.6. The van der Waals surface area contributed by atoms with Crippen molar-refractivity contribution in [1.29, 1.82) is 0 Å². The van der Waals surface area contributed by atoms with E-state index in [-0.39, 0.29) is 26.7 Å². The van der Waals surface area contributed by atoms with Crippen LogP contribution in [0.3, 0.4) is 0 Å². The average molecular weight is 314 g/mol. The van der Waals surface area contributed by atoms with E-state index in [0.29, 0.717) is 12.0 Å². The normalized spacial score (nSPS) is 10.8. The number of carbonyl (C=O) groups is 2. The van der Waals surface area contributed by atoms with Crippen molar-refractivity contribution in [3.8, 4) is 0 Å². The summed E-state index contributed by atoms with van der Waals surface area (Å²) in [6.07, 6.45) is 7.38. The minimum atomic E-state index is -1.83. The fourth-order valence-electron chi connectivity index (χ4n) is 2.77. The van der Waals surface area contributed by atoms with E-state index < -0.39 is 17.4 Å². The molecular weight excluding hydrogens is 287 g/mol. The molecule has 0 aliphatic heterocycles. The molecule has 0 bridgehead atoms. The van der Waals surface area contributed by atoms with Crippen molar-refractivity contribution >= 4 is 11.9 Å². The Labute approximate surface area is 152 Å². The van der Waals surface area contributed by atoms with Gasteiger partial charge in [0.25, 0.3) is 0 Å². The second-order valence-corrected chi connectivity index (χ2v) is 5.75. The maximum atomic E-state index is 11.7. The standard InChI is InChI=1S/C18H26O4.Li.H/c1-2-3-4-5-6-7-11-14-18(16(19)20,17(21)22)15-12-9-8-10-13-15;;/h8-10,12-13H,2-7,11,14H2,1H3,(H,19,20)(H,21,22);;/q;+1;-1. The van der Waals surface area contributed by atoms with Gasteiger partial charge in [-0.25, -0.2) is 0 Å². The molecule has 4 nitrogen and oxygen atoms in total. The Morgan fingerprint density at radius 3 is 1.87 bits per heavy atom. The second kappa shape index (κ2) is 11.3. The molecule has 124 valence electrons. The Balaban J connectivity index is 0. The van der Waals surface area contributed by atoms with E-state index in [0.717, 1.165) is 19.3 Å². The van der Waals surface area contributed by atoms with Gasteiger partial charge in [-0.1, -0.05) is 82.2 Å². The van der Waals surface area contributed by atoms with Gasteiger partial charge in [-0.15, -0.1) is 0 Å². The predicted octanol–water partition coefficient (Wildman–Crippen LogP) is 1.35. The van der Waals surface area contributed by atoms with Crippen molar-refractivity contribution in [2.45, 2.75) is 63.7 Å². The van der Waals surface area contributed by atoms with Crippen molar-refractivity contribution in [1.82, 2.24) is 0 Å². The molecule has 0 unspecified atom stereocenters. The molecule has 0 atom stereocenters. The zero-order valence-corrected chi connectivity index (χ0v) is 14.3. The van der Waals surface area contributed by atoms with Gasteiger partial charge in [0.05, 0.1) is 0 Å². The number of rotatable bonds is 11. The van der Waals surface area contributed by atoms with E-state index in [1.54, 1.807) is 30.3 Å². The van der Waals surface area contributed by atoms with Crippen LogP contribution in [0.5, 0.6) is 0 Å². The van der Waals surface area contributed by atoms with Crippen LogP contribution >= 0.6 is 0 Å². The van der Waals surface area contributed by atoms with Crippen LogP contribution in [0.25, 0.3) is 0 Å². The van der Waals surface area contributed by atoms with E-state index in [1.165, 1.54) is 19.3 Å². The summed E-state index contributed by atoms with van der Waals surface area (Å²) in [6.45, 7) is 2.16. The number of aliphatic carboxylic acids is 2. The first-order valence-electron chi connectivity index (χ1n) is 8.08. The van der Waals surface area contributed by atoms with Crippen LogP contribution in [0, 0.1) is 0 Å². The van der Waals surface area contributed by atoms with Gasteiger partial charge in [-0.05, 0) is 12.0 Å². The van der Waals surface area contributed by atoms with Crippen LogP contribution < -0.4 is 18.9 Å². The van der Waals surface area contributed by atoms with Gasteiger partial charge < -0.3 is 11.6 Å². The number of hydrogen-bond acceptors (Lipinski definition) is 2. The third kappa shape index (κ3) is 6.05. The molecule has 0 amide bonds. The molecule has 2 N–H and O–H groups in total. The van der Waals surface area contributed by atoms with Gasteiger partial charge in [0.15, 0.2) is 5.41 Å². The maximum Gasteiger partial charge on any atom is 1.00 e. The third-order valence-corrected chi connectivity index (χ3v) is 4.15. The van der Waals surface area contributed by atoms with Gasteiger partial charge in [-0.2, -0.15) is 0 Å². The molecule has 5 heteroatoms. The monoisotopic (exact) mass is 314 g/mol. The molecule has 0 aromatic heterocycles. The summed E-state index contributed by atoms with van der Waals surface area (Å²) in [4.78, 5) is 23.4. The molecule has 0 radical (unpaired) electrons. The van der Waals surface area contributed by atoms with Crippen molar-refractivity contribution in [3.05, 3.63) is 35.9 Å². The molecule has 0 spiro atoms. The number of unbranched alkanes of at least 4 members (excludes halogenated alkanes) is 6. The van der Waals surface area contributed by atoms with Crippen molar-refractivity contribution in [2.24, 2.45) is 0 Å². The largest absolute Gasteiger partial charge is 1.00 e. The van der Waals surface area contributed by atoms with Gasteiger partial charge in [0.1, 0.15) is 0 Å². The van der Waals surface area contributed by atoms with E-state index in [4.69, 9.17) is 0 Å². The van der Waals surface area contributed by atoms with Crippen LogP contribution in [0.1, 0.15) is 65.3 Å². The number of benzene rings is 1. The topological polar surface area (TPSA) is 74.6 Å². The Hall–Kier alpha value is -1.24. The molecule has 0 aliphatic carbocycles. The molecular formula is C18H27LiO4. The molecule has 1 aromatic rings. The molecule has 0 aliphatic rings. The fraction of sp³-hybridized carbons (Fsp3) is 0.556. The van der Waals surface area contributed by atoms with Crippen LogP contribution in [0.15, 0.2) is 30.3 Å². The molecule has 1 rings (SSSR count). The predicted molar refractivity (Wildman–Crippen MR) is 87.1 cm³/mol. The average Bonchev–Trinajstić information content (AvgIpc) is 2.50. The summed E-state index contributed by atoms with van der Waals surface area (Å²) in [5, 5.41) is 19.1.